The average Bonchev–Trinajstić information content (AvgIpc) is 1.58. The molecule has 4 aliphatic rings. The molecule has 0 unspecified atom stereocenters. The van der Waals surface area contributed by atoms with Crippen LogP contribution in [-0.2, 0) is 48.9 Å². The van der Waals surface area contributed by atoms with E-state index in [1.54, 1.807) is 40.9 Å². The maximum Gasteiger partial charge on any atom is 0.416 e. The molecule has 0 bridgehead atoms. The first-order valence-electron chi connectivity index (χ1n) is 32.8. The third-order valence-electron chi connectivity index (χ3n) is 19.6. The number of nitrogens with zero attached hydrogens (tertiary/aromatic N) is 7. The Morgan fingerprint density at radius 1 is 0.667 bits per heavy atom. The summed E-state index contributed by atoms with van der Waals surface area (Å²) >= 11 is 0. The van der Waals surface area contributed by atoms with Gasteiger partial charge in [0, 0.05) is 114 Å². The normalized spacial score (nSPS) is 18.3. The second kappa shape index (κ2) is 30.8. The molecule has 3 aliphatic heterocycles. The molecule has 512 valence electrons. The number of ether oxygens (including phenoxy) is 2. The Morgan fingerprint density at radius 2 is 1.29 bits per heavy atom. The SMILES string of the molecule is CN(CCN1CCC(N(C(=O)O)c2ccccc2-c2ccccc2)CC1)C(=O)CCCCNc1ccc(C(=O)N(C)CCCN(C)C(=O)CO[C@H]2Cc3ccccc3C23CCN(CC[C@@]2(c4ccc(F)cc4)CN(C(=O)c4cc(C(F)(F)F)cc(C(F)(F)F)c4)CO2)CC3)cc1. The topological polar surface area (TPSA) is 159 Å². The molecular weight excluding hydrogens is 1250 g/mol. The minimum absolute atomic E-state index is 0.0301. The second-order valence-electron chi connectivity index (χ2n) is 25.8. The molecule has 0 radical (unpaired) electrons. The lowest BCUT2D eigenvalue weighted by atomic mass is 9.72. The van der Waals surface area contributed by atoms with Gasteiger partial charge < -0.3 is 49.3 Å². The standard InChI is InChI=1S/C73H83F7N8O8/c1-82(35-13-36-84(3)67(91)52-21-27-59(28-22-52)81-34-12-11-20-65(89)83(2)42-43-85-37-29-60(30-38-85)88(69(93)94)63-19-10-8-17-61(63)51-14-5-4-6-15-51)66(90)48-95-64-46-53-16-7-9-18-62(53)70(64)31-39-86(40-32-70)41-33-71(55-23-25-58(74)26-24-55)49-87(50-96-71)68(92)54-44-56(72(75,76)77)47-57(45-54)73(78,79)80/h4-10,14-19,21-28,44-45,47,60,64,81H,11-13,20,29-43,46,48-50H2,1-3H3,(H,93,94)/t64-,71-/m0/s1. The highest BCUT2D eigenvalue weighted by molar-refractivity contribution is 5.96. The van der Waals surface area contributed by atoms with Gasteiger partial charge in [0.15, 0.2) is 0 Å². The van der Waals surface area contributed by atoms with Gasteiger partial charge in [0.05, 0.1) is 29.5 Å². The number of carboxylic acid groups (broad SMARTS) is 1. The number of unbranched alkanes of at least 4 members (excludes halogenated alkanes) is 1. The Hall–Kier alpha value is -8.38. The van der Waals surface area contributed by atoms with Gasteiger partial charge in [-0.2, -0.15) is 26.3 Å². The fourth-order valence-corrected chi connectivity index (χ4v) is 13.9. The van der Waals surface area contributed by atoms with E-state index in [0.717, 1.165) is 52.4 Å². The van der Waals surface area contributed by atoms with Crippen LogP contribution in [0.1, 0.15) is 106 Å². The number of carbonyl (C=O) groups excluding carboxylic acids is 4. The van der Waals surface area contributed by atoms with E-state index in [-0.39, 0.29) is 55.5 Å². The van der Waals surface area contributed by atoms with E-state index in [9.17, 15) is 59.8 Å². The number of rotatable bonds is 25. The lowest BCUT2D eigenvalue weighted by Crippen LogP contribution is -2.50. The number of benzene rings is 6. The molecule has 16 nitrogen and oxygen atoms in total. The number of fused-ring (bicyclic) bond motifs is 2. The van der Waals surface area contributed by atoms with Gasteiger partial charge in [0.2, 0.25) is 11.8 Å². The van der Waals surface area contributed by atoms with Gasteiger partial charge in [-0.3, -0.25) is 24.1 Å². The van der Waals surface area contributed by atoms with E-state index < -0.39 is 64.6 Å². The number of piperidine rings is 2. The van der Waals surface area contributed by atoms with Crippen LogP contribution in [0.25, 0.3) is 11.1 Å². The quantitative estimate of drug-likeness (QED) is 0.0415. The summed E-state index contributed by atoms with van der Waals surface area (Å²) in [5.74, 6) is -1.89. The van der Waals surface area contributed by atoms with Gasteiger partial charge in [0.1, 0.15) is 24.8 Å². The molecule has 2 N–H and O–H groups in total. The van der Waals surface area contributed by atoms with E-state index in [2.05, 4.69) is 27.2 Å². The minimum Gasteiger partial charge on any atom is -0.465 e. The van der Waals surface area contributed by atoms with Crippen LogP contribution in [0.3, 0.4) is 0 Å². The molecule has 0 saturated carbocycles. The summed E-state index contributed by atoms with van der Waals surface area (Å²) in [5, 5.41) is 13.7. The van der Waals surface area contributed by atoms with Crippen LogP contribution >= 0.6 is 0 Å². The van der Waals surface area contributed by atoms with Crippen molar-refractivity contribution in [3.63, 3.8) is 0 Å². The van der Waals surface area contributed by atoms with Gasteiger partial charge in [0.25, 0.3) is 11.8 Å². The van der Waals surface area contributed by atoms with Gasteiger partial charge in [-0.05, 0) is 154 Å². The van der Waals surface area contributed by atoms with Crippen molar-refractivity contribution in [2.24, 2.45) is 0 Å². The van der Waals surface area contributed by atoms with Crippen molar-refractivity contribution in [2.75, 3.05) is 117 Å². The molecule has 3 saturated heterocycles. The molecule has 23 heteroatoms. The zero-order valence-corrected chi connectivity index (χ0v) is 54.4. The minimum atomic E-state index is -5.15. The van der Waals surface area contributed by atoms with Crippen LogP contribution in [-0.4, -0.2) is 183 Å². The molecule has 1 aliphatic carbocycles. The monoisotopic (exact) mass is 1330 g/mol. The Labute approximate surface area is 555 Å². The fraction of sp³-hybridized carbons (Fsp3) is 0.438. The molecule has 10 rings (SSSR count). The second-order valence-corrected chi connectivity index (χ2v) is 25.8. The maximum atomic E-state index is 14.2. The molecule has 3 heterocycles. The number of amides is 5. The number of anilines is 2. The molecule has 6 aromatic rings. The number of halogens is 7. The summed E-state index contributed by atoms with van der Waals surface area (Å²) in [7, 11) is 5.27. The highest BCUT2D eigenvalue weighted by Crippen LogP contribution is 2.49. The summed E-state index contributed by atoms with van der Waals surface area (Å²) in [5.41, 5.74) is 1.01. The van der Waals surface area contributed by atoms with Gasteiger partial charge in [-0.15, -0.1) is 0 Å². The van der Waals surface area contributed by atoms with Crippen molar-refractivity contribution in [1.29, 1.82) is 0 Å². The third-order valence-corrected chi connectivity index (χ3v) is 19.6. The first kappa shape index (κ1) is 70.4. The molecule has 1 spiro atoms. The number of likely N-dealkylation sites (N-methyl/N-ethyl adjacent to an activating group) is 2. The Kier molecular flexibility index (Phi) is 22.6. The first-order chi connectivity index (χ1) is 45.9. The molecule has 6 aromatic carbocycles. The molecule has 0 aromatic heterocycles. The zero-order valence-electron chi connectivity index (χ0n) is 54.4. The van der Waals surface area contributed by atoms with Crippen LogP contribution in [0.5, 0.6) is 0 Å². The summed E-state index contributed by atoms with van der Waals surface area (Å²) in [6.45, 7) is 5.03. The van der Waals surface area contributed by atoms with Gasteiger partial charge in [-0.25, -0.2) is 9.18 Å². The molecular formula is C73H83F7N8O8. The maximum absolute atomic E-state index is 14.2. The van der Waals surface area contributed by atoms with Crippen molar-refractivity contribution in [1.82, 2.24) is 29.4 Å². The van der Waals surface area contributed by atoms with Crippen LogP contribution in [0.15, 0.2) is 146 Å². The fourth-order valence-electron chi connectivity index (χ4n) is 13.9. The molecule has 96 heavy (non-hydrogen) atoms. The van der Waals surface area contributed by atoms with Crippen molar-refractivity contribution >= 4 is 41.1 Å². The van der Waals surface area contributed by atoms with E-state index in [4.69, 9.17) is 9.47 Å². The lowest BCUT2D eigenvalue weighted by molar-refractivity contribution is -0.143. The number of alkyl halides is 6. The van der Waals surface area contributed by atoms with Crippen molar-refractivity contribution in [2.45, 2.75) is 99.7 Å². The van der Waals surface area contributed by atoms with E-state index in [1.807, 2.05) is 85.9 Å². The number of nitrogens with one attached hydrogen (secondary N) is 1. The summed E-state index contributed by atoms with van der Waals surface area (Å²) in [6.07, 6.45) is -5.56. The third kappa shape index (κ3) is 16.9. The predicted octanol–water partition coefficient (Wildman–Crippen LogP) is 12.5. The Bertz CT molecular complexity index is 3630. The van der Waals surface area contributed by atoms with Crippen molar-refractivity contribution in [3.05, 3.63) is 190 Å². The van der Waals surface area contributed by atoms with Crippen LogP contribution in [0.2, 0.25) is 0 Å². The van der Waals surface area contributed by atoms with Crippen LogP contribution in [0, 0.1) is 5.82 Å². The zero-order chi connectivity index (χ0) is 68.4. The van der Waals surface area contributed by atoms with Crippen LogP contribution < -0.4 is 10.2 Å². The molecule has 5 amide bonds. The first-order valence-corrected chi connectivity index (χ1v) is 32.8. The Balaban J connectivity index is 0.624. The Morgan fingerprint density at radius 3 is 1.97 bits per heavy atom. The van der Waals surface area contributed by atoms with E-state index >= 15 is 0 Å². The van der Waals surface area contributed by atoms with Crippen LogP contribution in [0.4, 0.5) is 46.9 Å². The number of likely N-dealkylation sites (tertiary alicyclic amines) is 2. The predicted molar refractivity (Wildman–Crippen MR) is 351 cm³/mol. The molecule has 2 atom stereocenters. The molecule has 3 fully saturated rings. The highest BCUT2D eigenvalue weighted by atomic mass is 19.4. The average molecular weight is 1330 g/mol. The summed E-state index contributed by atoms with van der Waals surface area (Å²) in [4.78, 5) is 78.7. The van der Waals surface area contributed by atoms with Gasteiger partial charge >= 0.3 is 18.4 Å². The van der Waals surface area contributed by atoms with Crippen molar-refractivity contribution < 1.29 is 69.3 Å². The van der Waals surface area contributed by atoms with E-state index in [0.29, 0.717) is 133 Å². The largest absolute Gasteiger partial charge is 0.465 e. The number of carbonyl (C=O) groups is 5. The number of hydrogen-bond donors (Lipinski definition) is 2. The summed E-state index contributed by atoms with van der Waals surface area (Å²) in [6, 6.07) is 38.9. The summed E-state index contributed by atoms with van der Waals surface area (Å²) < 4.78 is 110. The highest BCUT2D eigenvalue weighted by Gasteiger charge is 2.50. The van der Waals surface area contributed by atoms with E-state index in [1.165, 1.54) is 29.2 Å². The number of hydrogen-bond acceptors (Lipinski definition) is 10. The number of para-hydroxylation sites is 1. The van der Waals surface area contributed by atoms with Gasteiger partial charge in [-0.1, -0.05) is 84.9 Å². The lowest BCUT2D eigenvalue weighted by Gasteiger charge is -2.44. The van der Waals surface area contributed by atoms with Crippen molar-refractivity contribution in [3.8, 4) is 11.1 Å². The smallest absolute Gasteiger partial charge is 0.416 e.